The Balaban J connectivity index is 1.80. The first-order chi connectivity index (χ1) is 9.33. The fraction of sp³-hybridized carbons (Fsp3) is 0.467. The first-order valence-electron chi connectivity index (χ1n) is 7.07. The van der Waals surface area contributed by atoms with Crippen LogP contribution >= 0.6 is 0 Å². The van der Waals surface area contributed by atoms with Crippen molar-refractivity contribution in [2.24, 2.45) is 0 Å². The van der Waals surface area contributed by atoms with Gasteiger partial charge in [-0.1, -0.05) is 12.1 Å². The highest BCUT2D eigenvalue weighted by molar-refractivity contribution is 5.58. The second kappa shape index (κ2) is 4.17. The van der Waals surface area contributed by atoms with E-state index in [9.17, 15) is 0 Å². The molecule has 0 atom stereocenters. The molecule has 19 heavy (non-hydrogen) atoms. The maximum absolute atomic E-state index is 4.39. The molecule has 1 aliphatic heterocycles. The maximum atomic E-state index is 4.39. The molecular formula is C15H18N4. The van der Waals surface area contributed by atoms with Crippen LogP contribution < -0.4 is 5.32 Å². The number of aromatic nitrogens is 3. The van der Waals surface area contributed by atoms with Crippen molar-refractivity contribution in [1.82, 2.24) is 20.1 Å². The number of nitrogens with one attached hydrogen (secondary N) is 1. The predicted octanol–water partition coefficient (Wildman–Crippen LogP) is 2.23. The third kappa shape index (κ3) is 1.87. The summed E-state index contributed by atoms with van der Waals surface area (Å²) in [5.74, 6) is 2.07. The lowest BCUT2D eigenvalue weighted by Gasteiger charge is -2.18. The van der Waals surface area contributed by atoms with Gasteiger partial charge in [0, 0.05) is 18.2 Å². The highest BCUT2D eigenvalue weighted by atomic mass is 15.3. The van der Waals surface area contributed by atoms with Crippen LogP contribution in [-0.2, 0) is 13.0 Å². The van der Waals surface area contributed by atoms with E-state index in [0.717, 1.165) is 31.2 Å². The van der Waals surface area contributed by atoms with Crippen molar-refractivity contribution in [2.45, 2.75) is 38.8 Å². The minimum Gasteiger partial charge on any atom is -0.312 e. The van der Waals surface area contributed by atoms with Crippen molar-refractivity contribution in [3.8, 4) is 11.4 Å². The quantitative estimate of drug-likeness (QED) is 0.893. The topological polar surface area (TPSA) is 42.7 Å². The maximum Gasteiger partial charge on any atom is 0.164 e. The molecule has 1 saturated carbocycles. The van der Waals surface area contributed by atoms with E-state index < -0.39 is 0 Å². The van der Waals surface area contributed by atoms with Crippen LogP contribution in [0.5, 0.6) is 0 Å². The number of hydrogen-bond donors (Lipinski definition) is 1. The second-order valence-corrected chi connectivity index (χ2v) is 5.58. The Bertz CT molecular complexity index is 625. The predicted molar refractivity (Wildman–Crippen MR) is 73.9 cm³/mol. The van der Waals surface area contributed by atoms with Crippen LogP contribution in [0.2, 0.25) is 0 Å². The number of hydrogen-bond acceptors (Lipinski definition) is 3. The van der Waals surface area contributed by atoms with Crippen molar-refractivity contribution >= 4 is 0 Å². The van der Waals surface area contributed by atoms with Gasteiger partial charge in [-0.25, -0.2) is 0 Å². The summed E-state index contributed by atoms with van der Waals surface area (Å²) in [7, 11) is 0. The third-order valence-electron chi connectivity index (χ3n) is 4.13. The molecule has 0 saturated heterocycles. The van der Waals surface area contributed by atoms with Crippen LogP contribution in [0.15, 0.2) is 18.2 Å². The smallest absolute Gasteiger partial charge is 0.164 e. The molecule has 1 aliphatic carbocycles. The zero-order chi connectivity index (χ0) is 12.8. The number of fused-ring (bicyclic) bond motifs is 1. The number of benzene rings is 1. The first kappa shape index (κ1) is 11.2. The van der Waals surface area contributed by atoms with E-state index in [4.69, 9.17) is 0 Å². The van der Waals surface area contributed by atoms with Crippen molar-refractivity contribution in [1.29, 1.82) is 0 Å². The summed E-state index contributed by atoms with van der Waals surface area (Å²) in [6.07, 6.45) is 3.65. The van der Waals surface area contributed by atoms with E-state index in [1.54, 1.807) is 0 Å². The molecule has 0 amide bonds. The zero-order valence-electron chi connectivity index (χ0n) is 11.2. The van der Waals surface area contributed by atoms with Crippen molar-refractivity contribution in [3.63, 3.8) is 0 Å². The molecule has 2 aliphatic rings. The van der Waals surface area contributed by atoms with Gasteiger partial charge in [0.1, 0.15) is 5.82 Å². The molecule has 1 aromatic heterocycles. The molecule has 4 heteroatoms. The molecule has 0 spiro atoms. The Morgan fingerprint density at radius 1 is 1.21 bits per heavy atom. The Kier molecular flexibility index (Phi) is 2.45. The summed E-state index contributed by atoms with van der Waals surface area (Å²) in [4.78, 5) is 0. The molecule has 2 heterocycles. The van der Waals surface area contributed by atoms with Gasteiger partial charge in [0.15, 0.2) is 5.82 Å². The minimum atomic E-state index is 0.624. The van der Waals surface area contributed by atoms with Gasteiger partial charge in [0.2, 0.25) is 0 Å². The molecule has 4 rings (SSSR count). The fourth-order valence-electron chi connectivity index (χ4n) is 2.96. The van der Waals surface area contributed by atoms with Gasteiger partial charge in [-0.05, 0) is 49.9 Å². The standard InChI is InChI=1S/C15H18N4/c1-10-17-18-15(19(10)14-4-5-14)12-3-2-11-6-7-16-9-13(11)8-12/h2-3,8,14,16H,4-7,9H2,1H3. The molecule has 0 bridgehead atoms. The monoisotopic (exact) mass is 254 g/mol. The number of nitrogens with zero attached hydrogens (tertiary/aromatic N) is 3. The zero-order valence-corrected chi connectivity index (χ0v) is 11.2. The fourth-order valence-corrected chi connectivity index (χ4v) is 2.96. The lowest BCUT2D eigenvalue weighted by atomic mass is 9.98. The number of rotatable bonds is 2. The Morgan fingerprint density at radius 2 is 2.11 bits per heavy atom. The summed E-state index contributed by atoms with van der Waals surface area (Å²) in [6, 6.07) is 7.36. The van der Waals surface area contributed by atoms with E-state index in [2.05, 4.69) is 45.2 Å². The summed E-state index contributed by atoms with van der Waals surface area (Å²) >= 11 is 0. The minimum absolute atomic E-state index is 0.624. The average Bonchev–Trinajstić information content (AvgIpc) is 3.21. The van der Waals surface area contributed by atoms with Crippen LogP contribution in [0, 0.1) is 6.92 Å². The van der Waals surface area contributed by atoms with Gasteiger partial charge in [-0.2, -0.15) is 0 Å². The Morgan fingerprint density at radius 3 is 2.95 bits per heavy atom. The second-order valence-electron chi connectivity index (χ2n) is 5.58. The lowest BCUT2D eigenvalue weighted by Crippen LogP contribution is -2.23. The molecule has 0 radical (unpaired) electrons. The summed E-state index contributed by atoms with van der Waals surface area (Å²) in [6.45, 7) is 4.11. The van der Waals surface area contributed by atoms with Crippen LogP contribution in [-0.4, -0.2) is 21.3 Å². The molecular weight excluding hydrogens is 236 g/mol. The average molecular weight is 254 g/mol. The van der Waals surface area contributed by atoms with Gasteiger partial charge in [0.05, 0.1) is 0 Å². The highest BCUT2D eigenvalue weighted by Gasteiger charge is 2.28. The van der Waals surface area contributed by atoms with Gasteiger partial charge >= 0.3 is 0 Å². The molecule has 1 aromatic carbocycles. The van der Waals surface area contributed by atoms with Gasteiger partial charge < -0.3 is 9.88 Å². The van der Waals surface area contributed by atoms with Crippen molar-refractivity contribution in [2.75, 3.05) is 6.54 Å². The van der Waals surface area contributed by atoms with Crippen LogP contribution in [0.25, 0.3) is 11.4 Å². The molecule has 98 valence electrons. The summed E-state index contributed by atoms with van der Waals surface area (Å²) in [5, 5.41) is 12.1. The van der Waals surface area contributed by atoms with E-state index >= 15 is 0 Å². The summed E-state index contributed by atoms with van der Waals surface area (Å²) < 4.78 is 2.30. The molecule has 0 unspecified atom stereocenters. The van der Waals surface area contributed by atoms with Crippen LogP contribution in [0.1, 0.15) is 35.8 Å². The SMILES string of the molecule is Cc1nnc(-c2ccc3c(c2)CNCC3)n1C1CC1. The van der Waals surface area contributed by atoms with E-state index in [0.29, 0.717) is 6.04 Å². The Labute approximate surface area is 112 Å². The van der Waals surface area contributed by atoms with Crippen LogP contribution in [0.4, 0.5) is 0 Å². The lowest BCUT2D eigenvalue weighted by molar-refractivity contribution is 0.643. The number of aryl methyl sites for hydroxylation is 1. The molecule has 1 fully saturated rings. The normalized spacial score (nSPS) is 18.4. The highest BCUT2D eigenvalue weighted by Crippen LogP contribution is 2.39. The van der Waals surface area contributed by atoms with E-state index in [-0.39, 0.29) is 0 Å². The summed E-state index contributed by atoms with van der Waals surface area (Å²) in [5.41, 5.74) is 4.08. The van der Waals surface area contributed by atoms with Crippen LogP contribution in [0.3, 0.4) is 0 Å². The first-order valence-corrected chi connectivity index (χ1v) is 7.07. The molecule has 1 N–H and O–H groups in total. The Hall–Kier alpha value is -1.68. The third-order valence-corrected chi connectivity index (χ3v) is 4.13. The van der Waals surface area contributed by atoms with Gasteiger partial charge in [-0.15, -0.1) is 10.2 Å². The van der Waals surface area contributed by atoms with Gasteiger partial charge in [-0.3, -0.25) is 0 Å². The molecule has 2 aromatic rings. The van der Waals surface area contributed by atoms with E-state index in [1.165, 1.54) is 29.5 Å². The van der Waals surface area contributed by atoms with E-state index in [1.807, 2.05) is 0 Å². The van der Waals surface area contributed by atoms with Crippen molar-refractivity contribution in [3.05, 3.63) is 35.2 Å². The van der Waals surface area contributed by atoms with Crippen molar-refractivity contribution < 1.29 is 0 Å². The largest absolute Gasteiger partial charge is 0.312 e. The van der Waals surface area contributed by atoms with Gasteiger partial charge in [0.25, 0.3) is 0 Å². The molecule has 4 nitrogen and oxygen atoms in total.